The molecule has 0 unspecified atom stereocenters. The number of ether oxygens (including phenoxy) is 2. The Morgan fingerprint density at radius 3 is 2.41 bits per heavy atom. The van der Waals surface area contributed by atoms with Gasteiger partial charge in [0, 0.05) is 45.2 Å². The third kappa shape index (κ3) is 6.71. The number of thioether (sulfide) groups is 1. The minimum atomic E-state index is -1.64. The van der Waals surface area contributed by atoms with E-state index in [4.69, 9.17) is 9.47 Å². The Labute approximate surface area is 239 Å². The summed E-state index contributed by atoms with van der Waals surface area (Å²) in [5.74, 6) is -4.73. The fourth-order valence-electron chi connectivity index (χ4n) is 5.12. The smallest absolute Gasteiger partial charge is 0.238 e. The number of aromatic nitrogens is 3. The lowest BCUT2D eigenvalue weighted by molar-refractivity contribution is -0.179. The summed E-state index contributed by atoms with van der Waals surface area (Å²) in [7, 11) is 1.62. The minimum absolute atomic E-state index is 0.0710. The lowest BCUT2D eigenvalue weighted by Gasteiger charge is -2.45. The summed E-state index contributed by atoms with van der Waals surface area (Å²) in [5.41, 5.74) is -2.90. The van der Waals surface area contributed by atoms with E-state index in [-0.39, 0.29) is 49.1 Å². The van der Waals surface area contributed by atoms with Crippen molar-refractivity contribution in [3.05, 3.63) is 35.8 Å². The van der Waals surface area contributed by atoms with Gasteiger partial charge < -0.3 is 34.8 Å². The van der Waals surface area contributed by atoms with Crippen molar-refractivity contribution in [1.29, 1.82) is 0 Å². The fraction of sp³-hybridized carbons (Fsp3) is 0.654. The van der Waals surface area contributed by atoms with E-state index in [1.54, 1.807) is 7.05 Å². The largest absolute Gasteiger partial charge is 0.394 e. The third-order valence-corrected chi connectivity index (χ3v) is 8.87. The minimum Gasteiger partial charge on any atom is -0.394 e. The number of aliphatic hydroxyl groups excluding tert-OH is 3. The van der Waals surface area contributed by atoms with Gasteiger partial charge in [0.15, 0.2) is 17.5 Å². The lowest BCUT2D eigenvalue weighted by atomic mass is 9.89. The molecule has 6 atom stereocenters. The average molecular weight is 605 g/mol. The zero-order valence-electron chi connectivity index (χ0n) is 22.9. The first-order valence-electron chi connectivity index (χ1n) is 13.3. The summed E-state index contributed by atoms with van der Waals surface area (Å²) in [6.45, 7) is 4.13. The molecule has 0 aliphatic carbocycles. The quantitative estimate of drug-likeness (QED) is 0.307. The van der Waals surface area contributed by atoms with Gasteiger partial charge in [0.05, 0.1) is 18.4 Å². The maximum atomic E-state index is 13.8. The number of hydrogen-bond donors (Lipinski definition) is 4. The predicted molar refractivity (Wildman–Crippen MR) is 141 cm³/mol. The summed E-state index contributed by atoms with van der Waals surface area (Å²) < 4.78 is 53.3. The first-order valence-corrected chi connectivity index (χ1v) is 14.2. The Hall–Kier alpha value is -2.27. The second-order valence-corrected chi connectivity index (χ2v) is 12.1. The summed E-state index contributed by atoms with van der Waals surface area (Å²) in [6, 6.07) is 0.192. The van der Waals surface area contributed by atoms with Crippen molar-refractivity contribution in [2.24, 2.45) is 5.92 Å². The number of benzene rings is 1. The van der Waals surface area contributed by atoms with Gasteiger partial charge >= 0.3 is 0 Å². The van der Waals surface area contributed by atoms with Crippen LogP contribution in [-0.4, -0.2) is 114 Å². The molecule has 1 aromatic heterocycles. The van der Waals surface area contributed by atoms with Crippen LogP contribution in [0.3, 0.4) is 0 Å². The van der Waals surface area contributed by atoms with E-state index in [1.165, 1.54) is 11.1 Å². The second kappa shape index (κ2) is 12.9. The van der Waals surface area contributed by atoms with Gasteiger partial charge in [-0.05, 0) is 18.1 Å². The van der Waals surface area contributed by atoms with Crippen LogP contribution in [0.1, 0.15) is 32.7 Å². The zero-order chi connectivity index (χ0) is 30.1. The number of hydrogen-bond acceptors (Lipinski definition) is 10. The average Bonchev–Trinajstić information content (AvgIpc) is 3.40. The van der Waals surface area contributed by atoms with E-state index in [0.717, 1.165) is 28.6 Å². The molecule has 0 spiro atoms. The van der Waals surface area contributed by atoms with Crippen molar-refractivity contribution in [3.8, 4) is 11.3 Å². The van der Waals surface area contributed by atoms with Crippen molar-refractivity contribution < 1.29 is 47.9 Å². The first kappa shape index (κ1) is 31.7. The molecular weight excluding hydrogens is 569 g/mol. The first-order chi connectivity index (χ1) is 19.4. The van der Waals surface area contributed by atoms with Crippen LogP contribution in [0, 0.1) is 23.4 Å². The zero-order valence-corrected chi connectivity index (χ0v) is 23.7. The third-order valence-electron chi connectivity index (χ3n) is 7.30. The summed E-state index contributed by atoms with van der Waals surface area (Å²) >= 11 is 0.877. The molecule has 2 aliphatic heterocycles. The molecule has 0 saturated carbocycles. The highest BCUT2D eigenvalue weighted by molar-refractivity contribution is 8.01. The Bertz CT molecular complexity index is 1190. The molecule has 2 aromatic rings. The predicted octanol–water partition coefficient (Wildman–Crippen LogP) is 1.10. The van der Waals surface area contributed by atoms with Crippen molar-refractivity contribution >= 4 is 17.7 Å². The van der Waals surface area contributed by atoms with Crippen LogP contribution in [0.25, 0.3) is 11.3 Å². The SMILES string of the molecule is CC(C)CN(C)C(=O)[C@@H](S[C@@H]1O[C@H](CO)[C@H](O)[C@H](n2cc(-c3cc(F)c(F)c(F)c3)nn2)[C@H]1O)C1(O)CCOCC1. The molecule has 2 fully saturated rings. The van der Waals surface area contributed by atoms with Crippen LogP contribution in [0.5, 0.6) is 0 Å². The van der Waals surface area contributed by atoms with Crippen LogP contribution in [0.4, 0.5) is 13.2 Å². The van der Waals surface area contributed by atoms with Crippen LogP contribution >= 0.6 is 11.8 Å². The molecule has 15 heteroatoms. The van der Waals surface area contributed by atoms with Crippen molar-refractivity contribution in [2.75, 3.05) is 33.4 Å². The molecule has 4 N–H and O–H groups in total. The Morgan fingerprint density at radius 2 is 1.83 bits per heavy atom. The Kier molecular flexibility index (Phi) is 9.99. The van der Waals surface area contributed by atoms with Gasteiger partial charge in [-0.25, -0.2) is 17.9 Å². The van der Waals surface area contributed by atoms with E-state index in [9.17, 15) is 38.4 Å². The number of nitrogens with zero attached hydrogens (tertiary/aromatic N) is 4. The number of amides is 1. The number of aliphatic hydroxyl groups is 4. The molecule has 0 radical (unpaired) electrons. The molecule has 1 aromatic carbocycles. The number of halogens is 3. The van der Waals surface area contributed by atoms with E-state index < -0.39 is 64.7 Å². The highest BCUT2D eigenvalue weighted by atomic mass is 32.2. The van der Waals surface area contributed by atoms with Gasteiger partial charge in [-0.15, -0.1) is 16.9 Å². The van der Waals surface area contributed by atoms with Gasteiger partial charge in [0.2, 0.25) is 5.91 Å². The monoisotopic (exact) mass is 604 g/mol. The molecule has 2 saturated heterocycles. The topological polar surface area (TPSA) is 150 Å². The van der Waals surface area contributed by atoms with Gasteiger partial charge in [-0.3, -0.25) is 4.79 Å². The van der Waals surface area contributed by atoms with Crippen molar-refractivity contribution in [2.45, 2.75) is 67.3 Å². The maximum Gasteiger partial charge on any atom is 0.238 e. The summed E-state index contributed by atoms with van der Waals surface area (Å²) in [6.07, 6.45) is -2.73. The van der Waals surface area contributed by atoms with E-state index >= 15 is 0 Å². The Balaban J connectivity index is 1.64. The van der Waals surface area contributed by atoms with Crippen LogP contribution in [-0.2, 0) is 14.3 Å². The molecule has 228 valence electrons. The Morgan fingerprint density at radius 1 is 1.20 bits per heavy atom. The number of carbonyl (C=O) groups excluding carboxylic acids is 1. The molecule has 0 bridgehead atoms. The van der Waals surface area contributed by atoms with E-state index in [2.05, 4.69) is 10.3 Å². The maximum absolute atomic E-state index is 13.8. The lowest BCUT2D eigenvalue weighted by Crippen LogP contribution is -2.58. The van der Waals surface area contributed by atoms with Crippen molar-refractivity contribution in [3.63, 3.8) is 0 Å². The molecule has 1 amide bonds. The molecule has 4 rings (SSSR count). The number of carbonyl (C=O) groups is 1. The van der Waals surface area contributed by atoms with Crippen molar-refractivity contribution in [1.82, 2.24) is 19.9 Å². The van der Waals surface area contributed by atoms with E-state index in [1.807, 2.05) is 13.8 Å². The molecule has 2 aliphatic rings. The highest BCUT2D eigenvalue weighted by Gasteiger charge is 2.51. The number of rotatable bonds is 9. The normalized spacial score (nSPS) is 27.1. The van der Waals surface area contributed by atoms with Crippen LogP contribution < -0.4 is 0 Å². The second-order valence-electron chi connectivity index (χ2n) is 10.9. The van der Waals surface area contributed by atoms with Crippen LogP contribution in [0.15, 0.2) is 18.3 Å². The molecule has 11 nitrogen and oxygen atoms in total. The van der Waals surface area contributed by atoms with E-state index in [0.29, 0.717) is 6.54 Å². The van der Waals surface area contributed by atoms with Gasteiger partial charge in [0.25, 0.3) is 0 Å². The highest BCUT2D eigenvalue weighted by Crippen LogP contribution is 2.42. The fourth-order valence-corrected chi connectivity index (χ4v) is 6.71. The van der Waals surface area contributed by atoms with Crippen LogP contribution in [0.2, 0.25) is 0 Å². The molecule has 3 heterocycles. The van der Waals surface area contributed by atoms with Gasteiger partial charge in [0.1, 0.15) is 40.7 Å². The summed E-state index contributed by atoms with van der Waals surface area (Å²) in [4.78, 5) is 15.1. The summed E-state index contributed by atoms with van der Waals surface area (Å²) in [5, 5.41) is 50.5. The molecular formula is C26H35F3N4O7S. The molecule has 41 heavy (non-hydrogen) atoms. The van der Waals surface area contributed by atoms with Gasteiger partial charge in [-0.1, -0.05) is 19.1 Å². The van der Waals surface area contributed by atoms with Gasteiger partial charge in [-0.2, -0.15) is 0 Å². The standard InChI is InChI=1S/C26H35F3N4O7S/c1-13(2)10-32(3)24(37)23(26(38)4-6-39-7-5-26)41-25-22(36)20(21(35)18(12-34)40-25)33-11-17(30-31-33)14-8-15(27)19(29)16(28)9-14/h8-9,11,13,18,20-23,25,34-36,38H,4-7,10,12H2,1-3H3/t18-,20+,21+,22-,23-,25+/m1/s1.